The maximum absolute atomic E-state index is 12.8. The van der Waals surface area contributed by atoms with Gasteiger partial charge in [0.25, 0.3) is 0 Å². The third-order valence-corrected chi connectivity index (χ3v) is 4.96. The third-order valence-electron chi connectivity index (χ3n) is 4.96. The van der Waals surface area contributed by atoms with Gasteiger partial charge in [0.2, 0.25) is 11.8 Å². The first kappa shape index (κ1) is 19.0. The summed E-state index contributed by atoms with van der Waals surface area (Å²) < 4.78 is 0. The van der Waals surface area contributed by atoms with Gasteiger partial charge in [-0.3, -0.25) is 9.59 Å². The molecule has 2 aromatic rings. The van der Waals surface area contributed by atoms with Crippen molar-refractivity contribution in [3.8, 4) is 0 Å². The van der Waals surface area contributed by atoms with E-state index in [1.54, 1.807) is 0 Å². The Bertz CT molecular complexity index is 783. The van der Waals surface area contributed by atoms with Crippen LogP contribution in [0.5, 0.6) is 0 Å². The van der Waals surface area contributed by atoms with E-state index in [4.69, 9.17) is 0 Å². The van der Waals surface area contributed by atoms with Gasteiger partial charge in [-0.25, -0.2) is 0 Å². The number of rotatable bonds is 5. The van der Waals surface area contributed by atoms with Crippen LogP contribution in [0.2, 0.25) is 0 Å². The molecule has 0 radical (unpaired) electrons. The van der Waals surface area contributed by atoms with Crippen molar-refractivity contribution in [3.63, 3.8) is 0 Å². The molecule has 2 amide bonds. The Morgan fingerprint density at radius 2 is 1.70 bits per heavy atom. The molecule has 1 fully saturated rings. The van der Waals surface area contributed by atoms with Crippen LogP contribution in [-0.2, 0) is 9.59 Å². The fourth-order valence-electron chi connectivity index (χ4n) is 3.53. The van der Waals surface area contributed by atoms with Crippen molar-refractivity contribution in [3.05, 3.63) is 65.7 Å². The molecule has 3 rings (SSSR count). The quantitative estimate of drug-likeness (QED) is 0.886. The lowest BCUT2D eigenvalue weighted by atomic mass is 10.0. The lowest BCUT2D eigenvalue weighted by Crippen LogP contribution is -2.49. The van der Waals surface area contributed by atoms with Crippen molar-refractivity contribution in [1.82, 2.24) is 10.2 Å². The Labute approximate surface area is 161 Å². The zero-order chi connectivity index (χ0) is 19.2. The molecule has 0 spiro atoms. The third kappa shape index (κ3) is 5.09. The molecule has 0 aliphatic carbocycles. The summed E-state index contributed by atoms with van der Waals surface area (Å²) in [6.07, 6.45) is 0.286. The minimum Gasteiger partial charge on any atom is -0.368 e. The Hall–Kier alpha value is -2.82. The SMILES string of the molecule is CC(=O)NC(CC(=O)N1CCN(c2cccc(C)c2)CC1)c1ccccc1. The van der Waals surface area contributed by atoms with E-state index in [0.717, 1.165) is 18.7 Å². The molecule has 1 aliphatic rings. The van der Waals surface area contributed by atoms with Gasteiger partial charge in [0.1, 0.15) is 0 Å². The van der Waals surface area contributed by atoms with Gasteiger partial charge in [-0.15, -0.1) is 0 Å². The number of hydrogen-bond acceptors (Lipinski definition) is 3. The molecule has 1 atom stereocenters. The van der Waals surface area contributed by atoms with E-state index in [1.165, 1.54) is 18.2 Å². The first-order chi connectivity index (χ1) is 13.0. The van der Waals surface area contributed by atoms with Crippen LogP contribution in [-0.4, -0.2) is 42.9 Å². The van der Waals surface area contributed by atoms with Crippen LogP contribution >= 0.6 is 0 Å². The summed E-state index contributed by atoms with van der Waals surface area (Å²) in [6, 6.07) is 17.9. The van der Waals surface area contributed by atoms with Gasteiger partial charge in [0.05, 0.1) is 12.5 Å². The van der Waals surface area contributed by atoms with Crippen molar-refractivity contribution < 1.29 is 9.59 Å². The molecule has 5 heteroatoms. The molecular weight excluding hydrogens is 338 g/mol. The number of anilines is 1. The molecule has 1 heterocycles. The minimum atomic E-state index is -0.286. The number of nitrogens with zero attached hydrogens (tertiary/aromatic N) is 2. The van der Waals surface area contributed by atoms with Crippen LogP contribution < -0.4 is 10.2 Å². The number of aryl methyl sites for hydroxylation is 1. The molecule has 27 heavy (non-hydrogen) atoms. The first-order valence-electron chi connectivity index (χ1n) is 9.44. The second kappa shape index (κ2) is 8.71. The standard InChI is InChI=1S/C22H27N3O2/c1-17-7-6-10-20(15-17)24-11-13-25(14-12-24)22(27)16-21(23-18(2)26)19-8-4-3-5-9-19/h3-10,15,21H,11-14,16H2,1-2H3,(H,23,26). The summed E-state index contributed by atoms with van der Waals surface area (Å²) in [7, 11) is 0. The van der Waals surface area contributed by atoms with Crippen molar-refractivity contribution >= 4 is 17.5 Å². The minimum absolute atomic E-state index is 0.0847. The van der Waals surface area contributed by atoms with Crippen LogP contribution in [0.3, 0.4) is 0 Å². The summed E-state index contributed by atoms with van der Waals surface area (Å²) >= 11 is 0. The second-order valence-electron chi connectivity index (χ2n) is 7.07. The van der Waals surface area contributed by atoms with E-state index < -0.39 is 0 Å². The van der Waals surface area contributed by atoms with E-state index in [9.17, 15) is 9.59 Å². The van der Waals surface area contributed by atoms with Gasteiger partial charge in [-0.05, 0) is 30.2 Å². The van der Waals surface area contributed by atoms with Crippen LogP contribution in [0.15, 0.2) is 54.6 Å². The van der Waals surface area contributed by atoms with Gasteiger partial charge >= 0.3 is 0 Å². The van der Waals surface area contributed by atoms with Gasteiger partial charge in [0, 0.05) is 38.8 Å². The van der Waals surface area contributed by atoms with E-state index >= 15 is 0 Å². The molecule has 0 bridgehead atoms. The second-order valence-corrected chi connectivity index (χ2v) is 7.07. The Balaban J connectivity index is 1.60. The van der Waals surface area contributed by atoms with Crippen LogP contribution in [0.4, 0.5) is 5.69 Å². The molecule has 1 aliphatic heterocycles. The highest BCUT2D eigenvalue weighted by Gasteiger charge is 2.25. The fraction of sp³-hybridized carbons (Fsp3) is 0.364. The number of hydrogen-bond donors (Lipinski definition) is 1. The Morgan fingerprint density at radius 1 is 1.00 bits per heavy atom. The van der Waals surface area contributed by atoms with E-state index in [2.05, 4.69) is 41.4 Å². The molecular formula is C22H27N3O2. The summed E-state index contributed by atoms with van der Waals surface area (Å²) in [6.45, 7) is 6.63. The molecule has 0 saturated carbocycles. The molecule has 1 unspecified atom stereocenters. The van der Waals surface area contributed by atoms with Crippen molar-refractivity contribution in [2.24, 2.45) is 0 Å². The lowest BCUT2D eigenvalue weighted by molar-refractivity contribution is -0.132. The maximum Gasteiger partial charge on any atom is 0.225 e. The largest absolute Gasteiger partial charge is 0.368 e. The number of amides is 2. The fourth-order valence-corrected chi connectivity index (χ4v) is 3.53. The summed E-state index contributed by atoms with van der Waals surface area (Å²) in [5, 5.41) is 2.91. The highest BCUT2D eigenvalue weighted by molar-refractivity contribution is 5.79. The molecule has 2 aromatic carbocycles. The zero-order valence-electron chi connectivity index (χ0n) is 16.0. The topological polar surface area (TPSA) is 52.7 Å². The predicted molar refractivity (Wildman–Crippen MR) is 108 cm³/mol. The van der Waals surface area contributed by atoms with Crippen LogP contribution in [0, 0.1) is 6.92 Å². The number of carbonyl (C=O) groups excluding carboxylic acids is 2. The zero-order valence-corrected chi connectivity index (χ0v) is 16.0. The Kier molecular flexibility index (Phi) is 6.12. The van der Waals surface area contributed by atoms with Crippen LogP contribution in [0.1, 0.15) is 30.5 Å². The highest BCUT2D eigenvalue weighted by atomic mass is 16.2. The average molecular weight is 365 g/mol. The van der Waals surface area contributed by atoms with E-state index in [-0.39, 0.29) is 24.3 Å². The summed E-state index contributed by atoms with van der Waals surface area (Å²) in [5.41, 5.74) is 3.41. The summed E-state index contributed by atoms with van der Waals surface area (Å²) in [4.78, 5) is 28.6. The smallest absolute Gasteiger partial charge is 0.225 e. The van der Waals surface area contributed by atoms with Crippen LogP contribution in [0.25, 0.3) is 0 Å². The molecule has 5 nitrogen and oxygen atoms in total. The monoisotopic (exact) mass is 365 g/mol. The molecule has 1 saturated heterocycles. The van der Waals surface area contributed by atoms with Gasteiger partial charge < -0.3 is 15.1 Å². The predicted octanol–water partition coefficient (Wildman–Crippen LogP) is 2.91. The molecule has 1 N–H and O–H groups in total. The van der Waals surface area contributed by atoms with Crippen molar-refractivity contribution in [2.75, 3.05) is 31.1 Å². The van der Waals surface area contributed by atoms with Gasteiger partial charge in [-0.2, -0.15) is 0 Å². The number of benzene rings is 2. The average Bonchev–Trinajstić information content (AvgIpc) is 2.68. The number of piperazine rings is 1. The lowest BCUT2D eigenvalue weighted by Gasteiger charge is -2.37. The molecule has 142 valence electrons. The number of nitrogens with one attached hydrogen (secondary N) is 1. The van der Waals surface area contributed by atoms with Gasteiger partial charge in [-0.1, -0.05) is 42.5 Å². The normalized spacial score (nSPS) is 15.3. The van der Waals surface area contributed by atoms with Crippen molar-refractivity contribution in [2.45, 2.75) is 26.3 Å². The van der Waals surface area contributed by atoms with Crippen molar-refractivity contribution in [1.29, 1.82) is 0 Å². The maximum atomic E-state index is 12.8. The highest BCUT2D eigenvalue weighted by Crippen LogP contribution is 2.21. The molecule has 0 aromatic heterocycles. The van der Waals surface area contributed by atoms with E-state index in [1.807, 2.05) is 35.2 Å². The van der Waals surface area contributed by atoms with E-state index in [0.29, 0.717) is 13.1 Å². The summed E-state index contributed by atoms with van der Waals surface area (Å²) in [5.74, 6) is -0.0394. The Morgan fingerprint density at radius 3 is 2.33 bits per heavy atom. The first-order valence-corrected chi connectivity index (χ1v) is 9.44. The van der Waals surface area contributed by atoms with Gasteiger partial charge in [0.15, 0.2) is 0 Å². The number of carbonyl (C=O) groups is 2.